The molecule has 1 aromatic rings. The minimum Gasteiger partial charge on any atom is -0.396 e. The zero-order valence-electron chi connectivity index (χ0n) is 13.2. The van der Waals surface area contributed by atoms with Crippen molar-refractivity contribution in [1.82, 2.24) is 0 Å². The Balaban J connectivity index is 2.81. The summed E-state index contributed by atoms with van der Waals surface area (Å²) in [6.45, 7) is 6.85. The van der Waals surface area contributed by atoms with E-state index < -0.39 is 10.0 Å². The predicted octanol–water partition coefficient (Wildman–Crippen LogP) is 2.58. The van der Waals surface area contributed by atoms with Crippen molar-refractivity contribution in [2.75, 3.05) is 29.4 Å². The van der Waals surface area contributed by atoms with Crippen LogP contribution >= 0.6 is 0 Å². The van der Waals surface area contributed by atoms with Crippen LogP contribution in [0.25, 0.3) is 0 Å². The SMILES string of the molecule is CCC(CC)(CO)CNc1ccc(NS(C)(=O)=O)c(C)c1. The average molecular weight is 314 g/mol. The number of benzene rings is 1. The van der Waals surface area contributed by atoms with Gasteiger partial charge in [-0.05, 0) is 43.5 Å². The largest absolute Gasteiger partial charge is 0.396 e. The number of nitrogens with one attached hydrogen (secondary N) is 2. The van der Waals surface area contributed by atoms with Gasteiger partial charge in [0.25, 0.3) is 0 Å². The molecule has 0 aromatic heterocycles. The molecule has 0 aliphatic heterocycles. The highest BCUT2D eigenvalue weighted by Crippen LogP contribution is 2.27. The standard InChI is InChI=1S/C15H26N2O3S/c1-5-15(6-2,11-18)10-16-13-7-8-14(12(3)9-13)17-21(4,19)20/h7-9,16-18H,5-6,10-11H2,1-4H3. The van der Waals surface area contributed by atoms with Gasteiger partial charge in [-0.15, -0.1) is 0 Å². The number of rotatable bonds is 8. The number of anilines is 2. The second-order valence-electron chi connectivity index (χ2n) is 5.62. The topological polar surface area (TPSA) is 78.4 Å². The molecule has 0 radical (unpaired) electrons. The van der Waals surface area contributed by atoms with Gasteiger partial charge in [-0.1, -0.05) is 13.8 Å². The van der Waals surface area contributed by atoms with Crippen molar-refractivity contribution in [2.45, 2.75) is 33.6 Å². The van der Waals surface area contributed by atoms with E-state index in [2.05, 4.69) is 23.9 Å². The smallest absolute Gasteiger partial charge is 0.229 e. The Morgan fingerprint density at radius 3 is 2.29 bits per heavy atom. The highest BCUT2D eigenvalue weighted by atomic mass is 32.2. The first-order chi connectivity index (χ1) is 9.75. The molecule has 0 fully saturated rings. The molecule has 0 spiro atoms. The summed E-state index contributed by atoms with van der Waals surface area (Å²) in [6.07, 6.45) is 2.94. The van der Waals surface area contributed by atoms with Crippen LogP contribution < -0.4 is 10.0 Å². The molecule has 120 valence electrons. The summed E-state index contributed by atoms with van der Waals surface area (Å²) in [5.41, 5.74) is 2.25. The van der Waals surface area contributed by atoms with Crippen LogP contribution in [0.1, 0.15) is 32.3 Å². The molecule has 0 saturated carbocycles. The quantitative estimate of drug-likeness (QED) is 0.689. The molecule has 0 bridgehead atoms. The Hall–Kier alpha value is -1.27. The molecule has 0 amide bonds. The van der Waals surface area contributed by atoms with E-state index in [0.717, 1.165) is 30.3 Å². The Morgan fingerprint density at radius 1 is 1.24 bits per heavy atom. The van der Waals surface area contributed by atoms with E-state index in [-0.39, 0.29) is 12.0 Å². The monoisotopic (exact) mass is 314 g/mol. The maximum atomic E-state index is 11.3. The minimum atomic E-state index is -3.26. The van der Waals surface area contributed by atoms with Crippen LogP contribution in [0.5, 0.6) is 0 Å². The molecular formula is C15H26N2O3S. The first-order valence-electron chi connectivity index (χ1n) is 7.18. The summed E-state index contributed by atoms with van der Waals surface area (Å²) >= 11 is 0. The van der Waals surface area contributed by atoms with E-state index in [1.807, 2.05) is 19.1 Å². The number of aryl methyl sites for hydroxylation is 1. The highest BCUT2D eigenvalue weighted by Gasteiger charge is 2.24. The van der Waals surface area contributed by atoms with Gasteiger partial charge in [0.2, 0.25) is 10.0 Å². The van der Waals surface area contributed by atoms with E-state index in [4.69, 9.17) is 0 Å². The predicted molar refractivity (Wildman–Crippen MR) is 88.2 cm³/mol. The average Bonchev–Trinajstić information content (AvgIpc) is 2.42. The van der Waals surface area contributed by atoms with Crippen LogP contribution in [0.4, 0.5) is 11.4 Å². The minimum absolute atomic E-state index is 0.114. The first kappa shape index (κ1) is 17.8. The van der Waals surface area contributed by atoms with Crippen molar-refractivity contribution in [3.05, 3.63) is 23.8 Å². The molecule has 0 saturated heterocycles. The van der Waals surface area contributed by atoms with Crippen LogP contribution in [0.3, 0.4) is 0 Å². The fourth-order valence-electron chi connectivity index (χ4n) is 2.16. The van der Waals surface area contributed by atoms with Gasteiger partial charge in [-0.2, -0.15) is 0 Å². The van der Waals surface area contributed by atoms with Crippen molar-refractivity contribution >= 4 is 21.4 Å². The van der Waals surface area contributed by atoms with Crippen LogP contribution in [0.2, 0.25) is 0 Å². The van der Waals surface area contributed by atoms with E-state index in [1.54, 1.807) is 6.07 Å². The molecule has 0 aliphatic rings. The fraction of sp³-hybridized carbons (Fsp3) is 0.600. The Bertz CT molecular complexity index is 558. The Morgan fingerprint density at radius 2 is 1.86 bits per heavy atom. The Labute approximate surface area is 127 Å². The third-order valence-corrected chi connectivity index (χ3v) is 4.62. The van der Waals surface area contributed by atoms with E-state index in [0.29, 0.717) is 12.2 Å². The number of hydrogen-bond donors (Lipinski definition) is 3. The summed E-state index contributed by atoms with van der Waals surface area (Å²) < 4.78 is 25.0. The lowest BCUT2D eigenvalue weighted by Crippen LogP contribution is -2.32. The maximum Gasteiger partial charge on any atom is 0.229 e. The summed E-state index contributed by atoms with van der Waals surface area (Å²) in [5, 5.41) is 12.9. The van der Waals surface area contributed by atoms with E-state index in [1.165, 1.54) is 0 Å². The van der Waals surface area contributed by atoms with Crippen molar-refractivity contribution in [2.24, 2.45) is 5.41 Å². The van der Waals surface area contributed by atoms with Gasteiger partial charge in [0.1, 0.15) is 0 Å². The number of hydrogen-bond acceptors (Lipinski definition) is 4. The first-order valence-corrected chi connectivity index (χ1v) is 9.07. The molecule has 0 aliphatic carbocycles. The number of aliphatic hydroxyl groups is 1. The van der Waals surface area contributed by atoms with Gasteiger partial charge in [0.05, 0.1) is 18.6 Å². The molecule has 1 rings (SSSR count). The molecule has 6 heteroatoms. The molecule has 0 atom stereocenters. The molecule has 3 N–H and O–H groups in total. The molecule has 21 heavy (non-hydrogen) atoms. The second kappa shape index (κ2) is 7.13. The summed E-state index contributed by atoms with van der Waals surface area (Å²) in [4.78, 5) is 0. The number of aliphatic hydroxyl groups excluding tert-OH is 1. The molecule has 0 heterocycles. The third kappa shape index (κ3) is 5.21. The highest BCUT2D eigenvalue weighted by molar-refractivity contribution is 7.92. The molecule has 5 nitrogen and oxygen atoms in total. The van der Waals surface area contributed by atoms with Gasteiger partial charge in [0, 0.05) is 17.6 Å². The maximum absolute atomic E-state index is 11.3. The van der Waals surface area contributed by atoms with E-state index in [9.17, 15) is 13.5 Å². The van der Waals surface area contributed by atoms with Gasteiger partial charge >= 0.3 is 0 Å². The van der Waals surface area contributed by atoms with Crippen molar-refractivity contribution in [3.63, 3.8) is 0 Å². The lowest BCUT2D eigenvalue weighted by molar-refractivity contribution is 0.127. The lowest BCUT2D eigenvalue weighted by Gasteiger charge is -2.30. The van der Waals surface area contributed by atoms with Crippen LogP contribution in [0, 0.1) is 12.3 Å². The van der Waals surface area contributed by atoms with Crippen molar-refractivity contribution < 1.29 is 13.5 Å². The van der Waals surface area contributed by atoms with Crippen molar-refractivity contribution in [1.29, 1.82) is 0 Å². The fourth-order valence-corrected chi connectivity index (χ4v) is 2.79. The molecular weight excluding hydrogens is 288 g/mol. The summed E-state index contributed by atoms with van der Waals surface area (Å²) in [6, 6.07) is 5.49. The van der Waals surface area contributed by atoms with Gasteiger partial charge in [0.15, 0.2) is 0 Å². The summed E-state index contributed by atoms with van der Waals surface area (Å²) in [5.74, 6) is 0. The molecule has 1 aromatic carbocycles. The second-order valence-corrected chi connectivity index (χ2v) is 7.37. The Kier molecular flexibility index (Phi) is 6.04. The number of sulfonamides is 1. The van der Waals surface area contributed by atoms with Crippen LogP contribution in [0.15, 0.2) is 18.2 Å². The third-order valence-electron chi connectivity index (χ3n) is 4.02. The zero-order valence-corrected chi connectivity index (χ0v) is 14.0. The van der Waals surface area contributed by atoms with Gasteiger partial charge in [-0.25, -0.2) is 8.42 Å². The van der Waals surface area contributed by atoms with Crippen LogP contribution in [-0.4, -0.2) is 32.9 Å². The van der Waals surface area contributed by atoms with Gasteiger partial charge in [-0.3, -0.25) is 4.72 Å². The molecule has 0 unspecified atom stereocenters. The zero-order chi connectivity index (χ0) is 16.1. The lowest BCUT2D eigenvalue weighted by atomic mass is 9.83. The van der Waals surface area contributed by atoms with Crippen molar-refractivity contribution in [3.8, 4) is 0 Å². The van der Waals surface area contributed by atoms with Gasteiger partial charge < -0.3 is 10.4 Å². The van der Waals surface area contributed by atoms with Crippen LogP contribution in [-0.2, 0) is 10.0 Å². The normalized spacial score (nSPS) is 12.2. The van der Waals surface area contributed by atoms with E-state index >= 15 is 0 Å². The summed E-state index contributed by atoms with van der Waals surface area (Å²) in [7, 11) is -3.26.